The SMILES string of the molecule is CCCCCCc1cc2oc3cc(CCCCCC)c(OCC4CO4)cc3c2cc1OCC1CO1. The molecule has 35 heavy (non-hydrogen) atoms. The highest BCUT2D eigenvalue weighted by Crippen LogP contribution is 2.38. The summed E-state index contributed by atoms with van der Waals surface area (Å²) in [5.74, 6) is 1.93. The number of fused-ring (bicyclic) bond motifs is 3. The summed E-state index contributed by atoms with van der Waals surface area (Å²) in [5, 5.41) is 2.18. The molecular formula is C30H40O5. The average molecular weight is 481 g/mol. The lowest BCUT2D eigenvalue weighted by atomic mass is 10.0. The van der Waals surface area contributed by atoms with Crippen LogP contribution < -0.4 is 9.47 Å². The normalized spacial score (nSPS) is 18.9. The van der Waals surface area contributed by atoms with E-state index in [9.17, 15) is 0 Å². The lowest BCUT2D eigenvalue weighted by Crippen LogP contribution is -2.06. The minimum absolute atomic E-state index is 0.236. The van der Waals surface area contributed by atoms with E-state index >= 15 is 0 Å². The van der Waals surface area contributed by atoms with Crippen molar-refractivity contribution in [2.75, 3.05) is 26.4 Å². The van der Waals surface area contributed by atoms with E-state index in [1.54, 1.807) is 0 Å². The molecule has 2 aromatic carbocycles. The Morgan fingerprint density at radius 3 is 1.51 bits per heavy atom. The van der Waals surface area contributed by atoms with Crippen LogP contribution in [0.15, 0.2) is 28.7 Å². The quantitative estimate of drug-likeness (QED) is 0.158. The maximum absolute atomic E-state index is 6.41. The molecule has 2 fully saturated rings. The van der Waals surface area contributed by atoms with Crippen LogP contribution in [0, 0.1) is 0 Å². The third kappa shape index (κ3) is 6.50. The predicted molar refractivity (Wildman–Crippen MR) is 140 cm³/mol. The molecule has 0 N–H and O–H groups in total. The van der Waals surface area contributed by atoms with Crippen molar-refractivity contribution in [1.29, 1.82) is 0 Å². The first-order chi connectivity index (χ1) is 17.2. The highest BCUT2D eigenvalue weighted by atomic mass is 16.6. The zero-order valence-corrected chi connectivity index (χ0v) is 21.4. The summed E-state index contributed by atoms with van der Waals surface area (Å²) in [6.45, 7) is 7.32. The third-order valence-corrected chi connectivity index (χ3v) is 7.09. The van der Waals surface area contributed by atoms with Crippen molar-refractivity contribution in [3.63, 3.8) is 0 Å². The molecule has 5 rings (SSSR count). The number of hydrogen-bond acceptors (Lipinski definition) is 5. The zero-order valence-electron chi connectivity index (χ0n) is 21.4. The Morgan fingerprint density at radius 1 is 0.657 bits per heavy atom. The van der Waals surface area contributed by atoms with Gasteiger partial charge in [0.05, 0.1) is 13.2 Å². The van der Waals surface area contributed by atoms with Crippen molar-refractivity contribution < 1.29 is 23.4 Å². The number of hydrogen-bond donors (Lipinski definition) is 0. The summed E-state index contributed by atoms with van der Waals surface area (Å²) in [6, 6.07) is 8.74. The van der Waals surface area contributed by atoms with Crippen molar-refractivity contribution in [1.82, 2.24) is 0 Å². The molecule has 5 heteroatoms. The number of rotatable bonds is 16. The Balaban J connectivity index is 1.45. The molecule has 2 saturated heterocycles. The van der Waals surface area contributed by atoms with Gasteiger partial charge in [-0.25, -0.2) is 0 Å². The Labute approximate surface area is 209 Å². The van der Waals surface area contributed by atoms with Crippen LogP contribution in [0.3, 0.4) is 0 Å². The summed E-state index contributed by atoms with van der Waals surface area (Å²) in [4.78, 5) is 0. The number of furan rings is 1. The molecule has 0 radical (unpaired) electrons. The minimum Gasteiger partial charge on any atom is -0.490 e. The van der Waals surface area contributed by atoms with Crippen LogP contribution in [0.25, 0.3) is 21.9 Å². The Kier molecular flexibility index (Phi) is 8.15. The van der Waals surface area contributed by atoms with E-state index in [1.165, 1.54) is 62.5 Å². The molecule has 0 amide bonds. The fraction of sp³-hybridized carbons (Fsp3) is 0.600. The minimum atomic E-state index is 0.236. The standard InChI is InChI=1S/C30H40O5/c1-3-5-7-9-11-21-13-29-25(15-27(21)33-19-23-17-31-23)26-16-28(34-20-24-18-32-24)22(14-30(26)35-29)12-10-8-6-4-2/h13-16,23-24H,3-12,17-20H2,1-2H3. The Hall–Kier alpha value is -2.24. The fourth-order valence-electron chi connectivity index (χ4n) is 4.75. The van der Waals surface area contributed by atoms with Crippen LogP contribution in [-0.4, -0.2) is 38.6 Å². The number of benzene rings is 2. The topological polar surface area (TPSA) is 56.7 Å². The van der Waals surface area contributed by atoms with Crippen LogP contribution >= 0.6 is 0 Å². The summed E-state index contributed by atoms with van der Waals surface area (Å²) in [6.07, 6.45) is 12.3. The fourth-order valence-corrected chi connectivity index (χ4v) is 4.75. The molecule has 5 nitrogen and oxygen atoms in total. The molecule has 1 aromatic heterocycles. The molecule has 3 aromatic rings. The molecule has 0 aliphatic carbocycles. The first-order valence-corrected chi connectivity index (χ1v) is 13.8. The van der Waals surface area contributed by atoms with Crippen molar-refractivity contribution in [2.24, 2.45) is 0 Å². The first-order valence-electron chi connectivity index (χ1n) is 13.8. The van der Waals surface area contributed by atoms with Crippen LogP contribution in [0.1, 0.15) is 76.3 Å². The Bertz CT molecular complexity index is 1020. The lowest BCUT2D eigenvalue weighted by molar-refractivity contribution is 0.261. The summed E-state index contributed by atoms with van der Waals surface area (Å²) in [7, 11) is 0. The van der Waals surface area contributed by atoms with E-state index in [1.807, 2.05) is 0 Å². The molecule has 0 bridgehead atoms. The summed E-state index contributed by atoms with van der Waals surface area (Å²) in [5.41, 5.74) is 4.33. The number of aryl methyl sites for hydroxylation is 2. The second-order valence-electron chi connectivity index (χ2n) is 10.2. The van der Waals surface area contributed by atoms with Gasteiger partial charge in [0.2, 0.25) is 0 Å². The van der Waals surface area contributed by atoms with Gasteiger partial charge in [0.1, 0.15) is 48.1 Å². The second-order valence-corrected chi connectivity index (χ2v) is 10.2. The van der Waals surface area contributed by atoms with Crippen LogP contribution in [0.4, 0.5) is 0 Å². The van der Waals surface area contributed by atoms with Gasteiger partial charge in [-0.2, -0.15) is 0 Å². The van der Waals surface area contributed by atoms with Crippen LogP contribution in [0.2, 0.25) is 0 Å². The zero-order chi connectivity index (χ0) is 24.0. The van der Waals surface area contributed by atoms with Crippen molar-refractivity contribution in [3.8, 4) is 11.5 Å². The third-order valence-electron chi connectivity index (χ3n) is 7.09. The first kappa shape index (κ1) is 24.5. The molecular weight excluding hydrogens is 440 g/mol. The van der Waals surface area contributed by atoms with E-state index in [2.05, 4.69) is 38.1 Å². The molecule has 3 heterocycles. The van der Waals surface area contributed by atoms with Gasteiger partial charge >= 0.3 is 0 Å². The number of unbranched alkanes of at least 4 members (excludes halogenated alkanes) is 6. The molecule has 0 spiro atoms. The molecule has 2 atom stereocenters. The van der Waals surface area contributed by atoms with E-state index in [-0.39, 0.29) is 12.2 Å². The highest BCUT2D eigenvalue weighted by Gasteiger charge is 2.25. The van der Waals surface area contributed by atoms with Crippen molar-refractivity contribution >= 4 is 21.9 Å². The second kappa shape index (κ2) is 11.7. The molecule has 2 unspecified atom stereocenters. The molecule has 2 aliphatic rings. The van der Waals surface area contributed by atoms with Gasteiger partial charge < -0.3 is 23.4 Å². The van der Waals surface area contributed by atoms with E-state index in [0.717, 1.165) is 59.5 Å². The average Bonchev–Trinajstić information content (AvgIpc) is 3.79. The number of epoxide rings is 2. The van der Waals surface area contributed by atoms with Gasteiger partial charge in [-0.1, -0.05) is 52.4 Å². The van der Waals surface area contributed by atoms with Gasteiger partial charge in [0.15, 0.2) is 0 Å². The van der Waals surface area contributed by atoms with Gasteiger partial charge in [-0.05, 0) is 61.1 Å². The molecule has 0 saturated carbocycles. The van der Waals surface area contributed by atoms with Gasteiger partial charge in [0, 0.05) is 10.8 Å². The van der Waals surface area contributed by atoms with Gasteiger partial charge in [-0.3, -0.25) is 0 Å². The van der Waals surface area contributed by atoms with E-state index in [0.29, 0.717) is 13.2 Å². The van der Waals surface area contributed by atoms with Gasteiger partial charge in [-0.15, -0.1) is 0 Å². The molecule has 2 aliphatic heterocycles. The smallest absolute Gasteiger partial charge is 0.135 e. The maximum Gasteiger partial charge on any atom is 0.135 e. The lowest BCUT2D eigenvalue weighted by Gasteiger charge is -2.12. The van der Waals surface area contributed by atoms with E-state index in [4.69, 9.17) is 23.4 Å². The largest absolute Gasteiger partial charge is 0.490 e. The Morgan fingerprint density at radius 2 is 1.11 bits per heavy atom. The van der Waals surface area contributed by atoms with Crippen molar-refractivity contribution in [2.45, 2.75) is 90.3 Å². The molecule has 190 valence electrons. The number of ether oxygens (including phenoxy) is 4. The van der Waals surface area contributed by atoms with E-state index < -0.39 is 0 Å². The van der Waals surface area contributed by atoms with Crippen LogP contribution in [-0.2, 0) is 22.3 Å². The predicted octanol–water partition coefficient (Wildman–Crippen LogP) is 7.39. The van der Waals surface area contributed by atoms with Crippen molar-refractivity contribution in [3.05, 3.63) is 35.4 Å². The van der Waals surface area contributed by atoms with Gasteiger partial charge in [0.25, 0.3) is 0 Å². The highest BCUT2D eigenvalue weighted by molar-refractivity contribution is 6.06. The maximum atomic E-state index is 6.41. The summed E-state index contributed by atoms with van der Waals surface area (Å²) < 4.78 is 29.7. The summed E-state index contributed by atoms with van der Waals surface area (Å²) >= 11 is 0. The monoisotopic (exact) mass is 480 g/mol. The van der Waals surface area contributed by atoms with Crippen LogP contribution in [0.5, 0.6) is 11.5 Å².